The molecule has 1 atom stereocenters. The summed E-state index contributed by atoms with van der Waals surface area (Å²) in [6.45, 7) is 1.54. The summed E-state index contributed by atoms with van der Waals surface area (Å²) >= 11 is 0. The maximum Gasteiger partial charge on any atom is 0.342 e. The summed E-state index contributed by atoms with van der Waals surface area (Å²) in [6, 6.07) is 15.2. The molecule has 0 saturated heterocycles. The Labute approximate surface area is 167 Å². The number of carbonyl (C=O) groups is 2. The standard InChI is InChI=1S/C22H20FN3O3/c1-14(21(27)24-17-11-12-17)29-22(28)19-13-26(18-5-3-2-4-6-18)25-20(19)15-7-9-16(23)10-8-15/h2-10,13-14,17H,11-12H2,1H3,(H,24,27)/t14-/m0/s1. The van der Waals surface area contributed by atoms with Gasteiger partial charge < -0.3 is 10.1 Å². The van der Waals surface area contributed by atoms with Crippen LogP contribution in [-0.2, 0) is 9.53 Å². The Kier molecular flexibility index (Phi) is 5.12. The topological polar surface area (TPSA) is 73.2 Å². The number of hydrogen-bond acceptors (Lipinski definition) is 4. The number of nitrogens with zero attached hydrogens (tertiary/aromatic N) is 2. The van der Waals surface area contributed by atoms with Gasteiger partial charge in [-0.15, -0.1) is 0 Å². The van der Waals surface area contributed by atoms with E-state index >= 15 is 0 Å². The number of halogens is 1. The van der Waals surface area contributed by atoms with Crippen LogP contribution in [0.5, 0.6) is 0 Å². The Bertz CT molecular complexity index is 1030. The van der Waals surface area contributed by atoms with Crippen molar-refractivity contribution in [3.63, 3.8) is 0 Å². The van der Waals surface area contributed by atoms with Crippen LogP contribution in [0, 0.1) is 5.82 Å². The van der Waals surface area contributed by atoms with Crippen molar-refractivity contribution < 1.29 is 18.7 Å². The van der Waals surface area contributed by atoms with Gasteiger partial charge in [-0.2, -0.15) is 5.10 Å². The van der Waals surface area contributed by atoms with E-state index in [1.807, 2.05) is 30.3 Å². The van der Waals surface area contributed by atoms with E-state index in [1.54, 1.807) is 23.0 Å². The van der Waals surface area contributed by atoms with Crippen LogP contribution < -0.4 is 5.32 Å². The number of aromatic nitrogens is 2. The number of amides is 1. The Morgan fingerprint density at radius 2 is 1.83 bits per heavy atom. The molecule has 1 heterocycles. The van der Waals surface area contributed by atoms with Crippen molar-refractivity contribution >= 4 is 11.9 Å². The van der Waals surface area contributed by atoms with E-state index in [0.717, 1.165) is 18.5 Å². The minimum atomic E-state index is -0.927. The molecule has 29 heavy (non-hydrogen) atoms. The predicted molar refractivity (Wildman–Crippen MR) is 105 cm³/mol. The zero-order valence-electron chi connectivity index (χ0n) is 15.8. The first-order chi connectivity index (χ1) is 14.0. The molecule has 6 nitrogen and oxygen atoms in total. The highest BCUT2D eigenvalue weighted by Gasteiger charge is 2.28. The molecule has 3 aromatic rings. The van der Waals surface area contributed by atoms with Crippen LogP contribution >= 0.6 is 0 Å². The summed E-state index contributed by atoms with van der Waals surface area (Å²) in [7, 11) is 0. The Morgan fingerprint density at radius 3 is 2.48 bits per heavy atom. The zero-order valence-corrected chi connectivity index (χ0v) is 15.8. The number of benzene rings is 2. The molecule has 1 N–H and O–H groups in total. The van der Waals surface area contributed by atoms with Crippen molar-refractivity contribution in [3.8, 4) is 16.9 Å². The highest BCUT2D eigenvalue weighted by atomic mass is 19.1. The molecule has 2 aromatic carbocycles. The normalized spacial score (nSPS) is 14.3. The first kappa shape index (κ1) is 18.9. The van der Waals surface area contributed by atoms with E-state index in [-0.39, 0.29) is 23.3 Å². The maximum absolute atomic E-state index is 13.3. The fourth-order valence-corrected chi connectivity index (χ4v) is 2.88. The zero-order chi connectivity index (χ0) is 20.4. The van der Waals surface area contributed by atoms with E-state index in [4.69, 9.17) is 4.74 Å². The molecule has 0 bridgehead atoms. The van der Waals surface area contributed by atoms with Gasteiger partial charge in [0.15, 0.2) is 6.10 Å². The molecule has 0 aliphatic heterocycles. The van der Waals surface area contributed by atoms with Gasteiger partial charge in [0.1, 0.15) is 17.1 Å². The van der Waals surface area contributed by atoms with Gasteiger partial charge in [-0.3, -0.25) is 4.79 Å². The first-order valence-corrected chi connectivity index (χ1v) is 9.43. The summed E-state index contributed by atoms with van der Waals surface area (Å²) in [5, 5.41) is 7.32. The minimum Gasteiger partial charge on any atom is -0.449 e. The lowest BCUT2D eigenvalue weighted by Crippen LogP contribution is -2.37. The van der Waals surface area contributed by atoms with Gasteiger partial charge in [-0.25, -0.2) is 13.9 Å². The molecule has 0 spiro atoms. The number of hydrogen-bond donors (Lipinski definition) is 1. The predicted octanol–water partition coefficient (Wildman–Crippen LogP) is 3.50. The third kappa shape index (κ3) is 4.34. The summed E-state index contributed by atoms with van der Waals surface area (Å²) in [5.41, 5.74) is 1.89. The molecule has 1 aliphatic carbocycles. The van der Waals surface area contributed by atoms with Gasteiger partial charge >= 0.3 is 5.97 Å². The average molecular weight is 393 g/mol. The number of para-hydroxylation sites is 1. The fraction of sp³-hybridized carbons (Fsp3) is 0.227. The minimum absolute atomic E-state index is 0.180. The second-order valence-corrected chi connectivity index (χ2v) is 7.01. The lowest BCUT2D eigenvalue weighted by Gasteiger charge is -2.13. The number of nitrogens with one attached hydrogen (secondary N) is 1. The van der Waals surface area contributed by atoms with Crippen LogP contribution in [0.25, 0.3) is 16.9 Å². The van der Waals surface area contributed by atoms with Crippen molar-refractivity contribution in [2.45, 2.75) is 31.9 Å². The molecule has 1 aromatic heterocycles. The third-order valence-electron chi connectivity index (χ3n) is 4.65. The quantitative estimate of drug-likeness (QED) is 0.651. The highest BCUT2D eigenvalue weighted by Crippen LogP contribution is 2.25. The largest absolute Gasteiger partial charge is 0.449 e. The number of rotatable bonds is 6. The summed E-state index contributed by atoms with van der Waals surface area (Å²) in [5.74, 6) is -1.37. The van der Waals surface area contributed by atoms with Gasteiger partial charge in [0.2, 0.25) is 0 Å². The highest BCUT2D eigenvalue weighted by molar-refractivity contribution is 5.97. The molecule has 148 valence electrons. The van der Waals surface area contributed by atoms with Gasteiger partial charge in [0, 0.05) is 17.8 Å². The van der Waals surface area contributed by atoms with Crippen molar-refractivity contribution in [2.24, 2.45) is 0 Å². The van der Waals surface area contributed by atoms with Crippen molar-refractivity contribution in [1.29, 1.82) is 0 Å². The van der Waals surface area contributed by atoms with Crippen molar-refractivity contribution in [1.82, 2.24) is 15.1 Å². The summed E-state index contributed by atoms with van der Waals surface area (Å²) < 4.78 is 20.3. The summed E-state index contributed by atoms with van der Waals surface area (Å²) in [4.78, 5) is 25.0. The van der Waals surface area contributed by atoms with Gasteiger partial charge in [0.25, 0.3) is 5.91 Å². The summed E-state index contributed by atoms with van der Waals surface area (Å²) in [6.07, 6.45) is 2.53. The molecule has 1 aliphatic rings. The maximum atomic E-state index is 13.3. The molecule has 7 heteroatoms. The molecular formula is C22H20FN3O3. The van der Waals surface area contributed by atoms with Crippen LogP contribution in [0.3, 0.4) is 0 Å². The Balaban J connectivity index is 1.64. The van der Waals surface area contributed by atoms with Crippen LogP contribution in [0.2, 0.25) is 0 Å². The van der Waals surface area contributed by atoms with Crippen molar-refractivity contribution in [2.75, 3.05) is 0 Å². The molecule has 0 unspecified atom stereocenters. The third-order valence-corrected chi connectivity index (χ3v) is 4.65. The van der Waals surface area contributed by atoms with E-state index < -0.39 is 12.1 Å². The molecule has 1 saturated carbocycles. The van der Waals surface area contributed by atoms with Crippen LogP contribution in [0.4, 0.5) is 4.39 Å². The van der Waals surface area contributed by atoms with Gasteiger partial charge in [-0.1, -0.05) is 18.2 Å². The second kappa shape index (κ2) is 7.87. The molecule has 4 rings (SSSR count). The molecular weight excluding hydrogens is 373 g/mol. The van der Waals surface area contributed by atoms with E-state index in [1.165, 1.54) is 19.1 Å². The lowest BCUT2D eigenvalue weighted by atomic mass is 10.1. The average Bonchev–Trinajstić information content (AvgIpc) is 3.43. The smallest absolute Gasteiger partial charge is 0.342 e. The van der Waals surface area contributed by atoms with E-state index in [2.05, 4.69) is 10.4 Å². The second-order valence-electron chi connectivity index (χ2n) is 7.01. The number of carbonyl (C=O) groups excluding carboxylic acids is 2. The van der Waals surface area contributed by atoms with Gasteiger partial charge in [0.05, 0.1) is 5.69 Å². The van der Waals surface area contributed by atoms with Crippen LogP contribution in [0.1, 0.15) is 30.1 Å². The Morgan fingerprint density at radius 1 is 1.14 bits per heavy atom. The monoisotopic (exact) mass is 393 g/mol. The lowest BCUT2D eigenvalue weighted by molar-refractivity contribution is -0.129. The molecule has 1 amide bonds. The first-order valence-electron chi connectivity index (χ1n) is 9.43. The molecule has 0 radical (unpaired) electrons. The van der Waals surface area contributed by atoms with Crippen molar-refractivity contribution in [3.05, 3.63) is 72.2 Å². The van der Waals surface area contributed by atoms with Gasteiger partial charge in [-0.05, 0) is 56.2 Å². The van der Waals surface area contributed by atoms with Crippen LogP contribution in [-0.4, -0.2) is 33.8 Å². The Hall–Kier alpha value is -3.48. The van der Waals surface area contributed by atoms with Crippen LogP contribution in [0.15, 0.2) is 60.8 Å². The van der Waals surface area contributed by atoms with E-state index in [0.29, 0.717) is 11.3 Å². The molecule has 1 fully saturated rings. The van der Waals surface area contributed by atoms with E-state index in [9.17, 15) is 14.0 Å². The number of ether oxygens (including phenoxy) is 1. The fourth-order valence-electron chi connectivity index (χ4n) is 2.88. The number of esters is 1. The SMILES string of the molecule is C[C@H](OC(=O)c1cn(-c2ccccc2)nc1-c1ccc(F)cc1)C(=O)NC1CC1.